The van der Waals surface area contributed by atoms with E-state index in [0.29, 0.717) is 23.7 Å². The van der Waals surface area contributed by atoms with Crippen LogP contribution in [0.1, 0.15) is 22.9 Å². The summed E-state index contributed by atoms with van der Waals surface area (Å²) in [5.74, 6) is -0.918. The molecular weight excluding hydrogens is 455 g/mol. The molecule has 0 radical (unpaired) electrons. The smallest absolute Gasteiger partial charge is 0.322 e. The number of fused-ring (bicyclic) bond motifs is 3. The Balaban J connectivity index is 1.57. The third-order valence-electron chi connectivity index (χ3n) is 5.71. The first kappa shape index (κ1) is 20.8. The van der Waals surface area contributed by atoms with Gasteiger partial charge in [0.2, 0.25) is 0 Å². The summed E-state index contributed by atoms with van der Waals surface area (Å²) >= 11 is 12.1. The van der Waals surface area contributed by atoms with E-state index in [0.717, 1.165) is 27.7 Å². The number of rotatable bonds is 2. The van der Waals surface area contributed by atoms with Crippen molar-refractivity contribution < 1.29 is 13.6 Å². The third kappa shape index (κ3) is 3.70. The topological polar surface area (TPSA) is 48.1 Å². The zero-order valence-corrected chi connectivity index (χ0v) is 18.1. The van der Waals surface area contributed by atoms with Crippen molar-refractivity contribution in [3.63, 3.8) is 0 Å². The van der Waals surface area contributed by atoms with E-state index in [1.54, 1.807) is 17.0 Å². The maximum absolute atomic E-state index is 13.6. The average molecular weight is 472 g/mol. The van der Waals surface area contributed by atoms with E-state index in [4.69, 9.17) is 23.2 Å². The number of nitrogens with one attached hydrogen (secondary N) is 2. The number of urea groups is 1. The van der Waals surface area contributed by atoms with Crippen LogP contribution in [0.3, 0.4) is 0 Å². The molecule has 162 valence electrons. The second-order valence-electron chi connectivity index (χ2n) is 7.66. The van der Waals surface area contributed by atoms with Crippen LogP contribution < -0.4 is 5.32 Å². The van der Waals surface area contributed by atoms with Gasteiger partial charge in [-0.2, -0.15) is 0 Å². The Labute approximate surface area is 192 Å². The first-order valence-corrected chi connectivity index (χ1v) is 10.7. The van der Waals surface area contributed by atoms with Gasteiger partial charge in [-0.15, -0.1) is 0 Å². The molecule has 1 aromatic heterocycles. The fourth-order valence-corrected chi connectivity index (χ4v) is 4.59. The predicted octanol–water partition coefficient (Wildman–Crippen LogP) is 6.93. The van der Waals surface area contributed by atoms with Gasteiger partial charge in [-0.25, -0.2) is 13.6 Å². The van der Waals surface area contributed by atoms with Crippen LogP contribution in [-0.4, -0.2) is 22.5 Å². The highest BCUT2D eigenvalue weighted by atomic mass is 35.5. The molecule has 1 aliphatic rings. The Bertz CT molecular complexity index is 1340. The molecule has 0 bridgehead atoms. The van der Waals surface area contributed by atoms with Crippen LogP contribution in [-0.2, 0) is 6.42 Å². The number of carbonyl (C=O) groups excluding carboxylic acids is 1. The maximum atomic E-state index is 13.6. The summed E-state index contributed by atoms with van der Waals surface area (Å²) in [5, 5.41) is 4.35. The molecule has 1 aliphatic heterocycles. The van der Waals surface area contributed by atoms with E-state index in [2.05, 4.69) is 10.3 Å². The lowest BCUT2D eigenvalue weighted by atomic mass is 9.92. The molecule has 1 atom stereocenters. The molecule has 32 heavy (non-hydrogen) atoms. The summed E-state index contributed by atoms with van der Waals surface area (Å²) < 4.78 is 27.1. The second-order valence-corrected chi connectivity index (χ2v) is 8.51. The number of anilines is 1. The fraction of sp³-hybridized carbons (Fsp3) is 0.125. The van der Waals surface area contributed by atoms with Crippen LogP contribution in [0.2, 0.25) is 10.0 Å². The molecule has 5 rings (SSSR count). The van der Waals surface area contributed by atoms with E-state index in [1.807, 2.05) is 18.2 Å². The Morgan fingerprint density at radius 2 is 1.81 bits per heavy atom. The molecule has 0 saturated heterocycles. The molecule has 4 nitrogen and oxygen atoms in total. The van der Waals surface area contributed by atoms with Crippen molar-refractivity contribution in [3.8, 4) is 0 Å². The molecule has 0 fully saturated rings. The number of hydrogen-bond donors (Lipinski definition) is 2. The predicted molar refractivity (Wildman–Crippen MR) is 122 cm³/mol. The molecule has 3 aromatic carbocycles. The van der Waals surface area contributed by atoms with Crippen LogP contribution in [0.15, 0.2) is 60.7 Å². The molecule has 2 amide bonds. The van der Waals surface area contributed by atoms with Gasteiger partial charge in [0.25, 0.3) is 0 Å². The van der Waals surface area contributed by atoms with Gasteiger partial charge in [0.05, 0.1) is 11.1 Å². The van der Waals surface area contributed by atoms with Crippen LogP contribution in [0.25, 0.3) is 10.9 Å². The van der Waals surface area contributed by atoms with Crippen LogP contribution >= 0.6 is 23.2 Å². The monoisotopic (exact) mass is 471 g/mol. The standard InChI is InChI=1S/C24H17Cl2F2N3O/c25-14-3-8-21-18(11-14)17-9-10-31(24(32)29-16-6-7-20(28)19(26)12-16)23(22(17)30-21)13-1-4-15(27)5-2-13/h1-8,11-12,23,30H,9-10H2,(H,29,32). The Morgan fingerprint density at radius 1 is 1.03 bits per heavy atom. The van der Waals surface area contributed by atoms with E-state index < -0.39 is 11.9 Å². The second kappa shape index (κ2) is 8.11. The summed E-state index contributed by atoms with van der Waals surface area (Å²) in [6.45, 7) is 0.426. The summed E-state index contributed by atoms with van der Waals surface area (Å²) in [6.07, 6.45) is 0.616. The number of carbonyl (C=O) groups is 1. The SMILES string of the molecule is O=C(Nc1ccc(F)c(Cl)c1)N1CCc2c([nH]c3ccc(Cl)cc23)C1c1ccc(F)cc1. The molecule has 8 heteroatoms. The van der Waals surface area contributed by atoms with Crippen LogP contribution in [0, 0.1) is 11.6 Å². The average Bonchev–Trinajstić information content (AvgIpc) is 3.14. The van der Waals surface area contributed by atoms with Gasteiger partial charge in [-0.05, 0) is 66.1 Å². The van der Waals surface area contributed by atoms with Crippen LogP contribution in [0.5, 0.6) is 0 Å². The molecule has 0 spiro atoms. The summed E-state index contributed by atoms with van der Waals surface area (Å²) in [5.41, 5.74) is 3.99. The van der Waals surface area contributed by atoms with Crippen molar-refractivity contribution in [2.75, 3.05) is 11.9 Å². The highest BCUT2D eigenvalue weighted by Gasteiger charge is 2.34. The van der Waals surface area contributed by atoms with Crippen LogP contribution in [0.4, 0.5) is 19.3 Å². The Hall–Kier alpha value is -3.09. The molecule has 4 aromatic rings. The van der Waals surface area contributed by atoms with Crippen molar-refractivity contribution in [2.45, 2.75) is 12.5 Å². The molecule has 0 aliphatic carbocycles. The van der Waals surface area contributed by atoms with Gasteiger partial charge in [0.15, 0.2) is 0 Å². The summed E-state index contributed by atoms with van der Waals surface area (Å²) in [7, 11) is 0. The van der Waals surface area contributed by atoms with Crippen molar-refractivity contribution in [2.24, 2.45) is 0 Å². The highest BCUT2D eigenvalue weighted by Crippen LogP contribution is 2.39. The maximum Gasteiger partial charge on any atom is 0.322 e. The Morgan fingerprint density at radius 3 is 2.56 bits per heavy atom. The minimum Gasteiger partial charge on any atom is -0.356 e. The minimum atomic E-state index is -0.562. The van der Waals surface area contributed by atoms with Crippen molar-refractivity contribution >= 4 is 45.8 Å². The number of aromatic amines is 1. The number of H-pyrrole nitrogens is 1. The molecule has 2 heterocycles. The normalized spacial score (nSPS) is 15.6. The first-order valence-electron chi connectivity index (χ1n) is 9.99. The van der Waals surface area contributed by atoms with E-state index in [1.165, 1.54) is 30.3 Å². The minimum absolute atomic E-state index is 0.0775. The third-order valence-corrected chi connectivity index (χ3v) is 6.23. The zero-order chi connectivity index (χ0) is 22.4. The number of aromatic nitrogens is 1. The lowest BCUT2D eigenvalue weighted by Gasteiger charge is -2.36. The lowest BCUT2D eigenvalue weighted by Crippen LogP contribution is -2.43. The van der Waals surface area contributed by atoms with Gasteiger partial charge in [-0.3, -0.25) is 0 Å². The molecule has 2 N–H and O–H groups in total. The van der Waals surface area contributed by atoms with Crippen molar-refractivity contribution in [1.29, 1.82) is 0 Å². The molecule has 1 unspecified atom stereocenters. The summed E-state index contributed by atoms with van der Waals surface area (Å²) in [6, 6.07) is 14.9. The van der Waals surface area contributed by atoms with E-state index in [-0.39, 0.29) is 16.9 Å². The van der Waals surface area contributed by atoms with E-state index in [9.17, 15) is 13.6 Å². The summed E-state index contributed by atoms with van der Waals surface area (Å²) in [4.78, 5) is 18.4. The fourth-order valence-electron chi connectivity index (χ4n) is 4.24. The quantitative estimate of drug-likeness (QED) is 0.327. The van der Waals surface area contributed by atoms with Gasteiger partial charge in [0, 0.05) is 33.9 Å². The largest absolute Gasteiger partial charge is 0.356 e. The molecular formula is C24H17Cl2F2N3O. The zero-order valence-electron chi connectivity index (χ0n) is 16.6. The molecule has 0 saturated carbocycles. The van der Waals surface area contributed by atoms with Gasteiger partial charge in [-0.1, -0.05) is 35.3 Å². The first-order chi connectivity index (χ1) is 15.4. The number of halogens is 4. The van der Waals surface area contributed by atoms with E-state index >= 15 is 0 Å². The van der Waals surface area contributed by atoms with Gasteiger partial charge in [0.1, 0.15) is 11.6 Å². The Kier molecular flexibility index (Phi) is 5.27. The van der Waals surface area contributed by atoms with Gasteiger partial charge < -0.3 is 15.2 Å². The number of hydrogen-bond acceptors (Lipinski definition) is 1. The van der Waals surface area contributed by atoms with Crippen molar-refractivity contribution in [1.82, 2.24) is 9.88 Å². The van der Waals surface area contributed by atoms with Gasteiger partial charge >= 0.3 is 6.03 Å². The highest BCUT2D eigenvalue weighted by molar-refractivity contribution is 6.31. The number of amides is 2. The van der Waals surface area contributed by atoms with Crippen molar-refractivity contribution in [3.05, 3.63) is 99.2 Å². The number of benzene rings is 3. The number of nitrogens with zero attached hydrogens (tertiary/aromatic N) is 1. The lowest BCUT2D eigenvalue weighted by molar-refractivity contribution is 0.193.